The van der Waals surface area contributed by atoms with Gasteiger partial charge in [-0.15, -0.1) is 0 Å². The molecule has 2 aromatic heterocycles. The summed E-state index contributed by atoms with van der Waals surface area (Å²) in [6.07, 6.45) is -0.275. The normalized spacial score (nSPS) is 15.5. The molecular formula is C56H69ClF4N10O9. The van der Waals surface area contributed by atoms with Gasteiger partial charge in [0.25, 0.3) is 5.69 Å². The van der Waals surface area contributed by atoms with Crippen molar-refractivity contribution >= 4 is 58.1 Å². The van der Waals surface area contributed by atoms with Crippen LogP contribution in [0, 0.1) is 15.9 Å². The Morgan fingerprint density at radius 3 is 2.24 bits per heavy atom. The Hall–Kier alpha value is -7.27. The number of nitrogens with zero attached hydrogens (tertiary/aromatic N) is 7. The Balaban J connectivity index is 0.927. The van der Waals surface area contributed by atoms with Crippen molar-refractivity contribution < 1.29 is 55.9 Å². The monoisotopic (exact) mass is 1140 g/mol. The van der Waals surface area contributed by atoms with Crippen molar-refractivity contribution in [1.82, 2.24) is 40.3 Å². The number of nitrogens with one attached hydrogen (secondary N) is 3. The van der Waals surface area contributed by atoms with E-state index in [2.05, 4.69) is 35.4 Å². The number of aromatic nitrogens is 3. The number of piperazine rings is 1. The zero-order valence-electron chi connectivity index (χ0n) is 45.8. The molecule has 5 aromatic rings. The number of fused-ring (bicyclic) bond motifs is 1. The Morgan fingerprint density at radius 1 is 0.875 bits per heavy atom. The van der Waals surface area contributed by atoms with Gasteiger partial charge >= 0.3 is 18.4 Å². The van der Waals surface area contributed by atoms with Gasteiger partial charge < -0.3 is 44.5 Å². The molecule has 1 atom stereocenters. The molecule has 3 N–H and O–H groups in total. The largest absolute Gasteiger partial charge is 0.489 e. The molecule has 0 saturated carbocycles. The number of hydrogen-bond acceptors (Lipinski definition) is 13. The molecule has 4 heterocycles. The molecule has 7 rings (SSSR count). The van der Waals surface area contributed by atoms with E-state index in [1.807, 2.05) is 23.1 Å². The second-order valence-corrected chi connectivity index (χ2v) is 22.5. The van der Waals surface area contributed by atoms with Gasteiger partial charge in [-0.05, 0) is 121 Å². The molecule has 2 aliphatic rings. The predicted octanol–water partition coefficient (Wildman–Crippen LogP) is 10.5. The molecule has 432 valence electrons. The molecule has 2 fully saturated rings. The third-order valence-electron chi connectivity index (χ3n) is 13.8. The highest BCUT2D eigenvalue weighted by Gasteiger charge is 2.45. The smallest absolute Gasteiger partial charge is 0.419 e. The standard InChI is InChI=1S/C56H69ClF4N10O9/c1-53(2,3)79-51(74)66-55(21-26-69(27-22-55)49-42-19-23-62-48(42)63-36-64-49)50(73)65-45(38-12-14-40(57)15-13-38)20-25-67-28-30-68(31-29-67)47(72)10-8-7-9-24-70(52(75)80-54(4,5)6)34-39-33-41(71(76)77)16-18-46(39)78-35-37-11-17-44(58)43(32-37)56(59,60)61/h11-19,23,32-33,36,45H,7-10,20-22,24-31,34-35H2,1-6H3,(H,65,73)(H,66,74)(H,62,63,64)/t45-/m0/s1. The number of piperidine rings is 1. The minimum atomic E-state index is -4.94. The fourth-order valence-corrected chi connectivity index (χ4v) is 9.76. The van der Waals surface area contributed by atoms with E-state index in [9.17, 15) is 46.9 Å². The number of nitro benzene ring substituents is 1. The summed E-state index contributed by atoms with van der Waals surface area (Å²) in [4.78, 5) is 85.9. The second-order valence-electron chi connectivity index (χ2n) is 22.1. The van der Waals surface area contributed by atoms with Gasteiger partial charge in [0, 0.05) is 87.7 Å². The number of alkyl halides is 3. The summed E-state index contributed by atoms with van der Waals surface area (Å²) < 4.78 is 71.4. The summed E-state index contributed by atoms with van der Waals surface area (Å²) in [5, 5.41) is 19.4. The molecule has 2 aliphatic heterocycles. The lowest BCUT2D eigenvalue weighted by molar-refractivity contribution is -0.385. The van der Waals surface area contributed by atoms with Gasteiger partial charge in [0.05, 0.1) is 28.5 Å². The summed E-state index contributed by atoms with van der Waals surface area (Å²) in [6.45, 7) is 13.4. The van der Waals surface area contributed by atoms with E-state index in [-0.39, 0.29) is 66.7 Å². The number of benzene rings is 3. The van der Waals surface area contributed by atoms with E-state index < -0.39 is 64.1 Å². The average molecular weight is 1140 g/mol. The van der Waals surface area contributed by atoms with Crippen LogP contribution in [0.1, 0.15) is 115 Å². The van der Waals surface area contributed by atoms with Crippen LogP contribution < -0.4 is 20.3 Å². The number of hydrogen-bond donors (Lipinski definition) is 3. The number of ether oxygens (including phenoxy) is 3. The summed E-state index contributed by atoms with van der Waals surface area (Å²) in [5.74, 6) is -1.02. The molecule has 0 radical (unpaired) electrons. The number of carbonyl (C=O) groups excluding carboxylic acids is 4. The van der Waals surface area contributed by atoms with Crippen LogP contribution in [0.3, 0.4) is 0 Å². The van der Waals surface area contributed by atoms with Gasteiger partial charge in [0.1, 0.15) is 52.7 Å². The maximum atomic E-state index is 14.7. The van der Waals surface area contributed by atoms with E-state index in [4.69, 9.17) is 25.8 Å². The van der Waals surface area contributed by atoms with Crippen LogP contribution in [0.25, 0.3) is 11.0 Å². The third kappa shape index (κ3) is 16.6. The van der Waals surface area contributed by atoms with Crippen molar-refractivity contribution in [2.24, 2.45) is 0 Å². The number of non-ortho nitro benzene ring substituents is 1. The van der Waals surface area contributed by atoms with Crippen LogP contribution in [0.4, 0.5) is 38.7 Å². The molecular weight excluding hydrogens is 1070 g/mol. The fourth-order valence-electron chi connectivity index (χ4n) is 9.63. The van der Waals surface area contributed by atoms with Crippen molar-refractivity contribution in [2.75, 3.05) is 57.3 Å². The first-order valence-electron chi connectivity index (χ1n) is 26.6. The SMILES string of the molecule is CC(C)(C)OC(=O)NC1(C(=O)N[C@@H](CCN2CCN(C(=O)CCCCCN(Cc3cc([N+](=O)[O-])ccc3OCc3ccc(F)c(C(F)(F)F)c3)C(=O)OC(C)(C)C)CC2)c2ccc(Cl)cc2)CCN(c2ncnc3[nH]ccc23)CC1. The van der Waals surface area contributed by atoms with Crippen LogP contribution in [-0.4, -0.2) is 128 Å². The Labute approximate surface area is 466 Å². The Bertz CT molecular complexity index is 2970. The molecule has 24 heteroatoms. The molecule has 0 bridgehead atoms. The van der Waals surface area contributed by atoms with Crippen LogP contribution >= 0.6 is 11.6 Å². The number of alkyl carbamates (subject to hydrolysis) is 1. The number of rotatable bonds is 20. The highest BCUT2D eigenvalue weighted by atomic mass is 35.5. The first-order chi connectivity index (χ1) is 37.8. The number of anilines is 1. The predicted molar refractivity (Wildman–Crippen MR) is 291 cm³/mol. The van der Waals surface area contributed by atoms with E-state index in [0.29, 0.717) is 94.3 Å². The number of amides is 4. The van der Waals surface area contributed by atoms with Crippen LogP contribution in [0.5, 0.6) is 5.75 Å². The van der Waals surface area contributed by atoms with Gasteiger partial charge in [-0.25, -0.2) is 23.9 Å². The molecule has 0 unspecified atom stereocenters. The zero-order valence-corrected chi connectivity index (χ0v) is 46.6. The molecule has 0 aliphatic carbocycles. The number of carbonyl (C=O) groups is 4. The lowest BCUT2D eigenvalue weighted by atomic mass is 9.85. The Morgan fingerprint density at radius 2 is 1.57 bits per heavy atom. The van der Waals surface area contributed by atoms with Crippen LogP contribution in [0.15, 0.2) is 79.3 Å². The van der Waals surface area contributed by atoms with Gasteiger partial charge in [-0.2, -0.15) is 13.2 Å². The van der Waals surface area contributed by atoms with Gasteiger partial charge in [0.2, 0.25) is 11.8 Å². The van der Waals surface area contributed by atoms with E-state index in [1.165, 1.54) is 29.4 Å². The number of nitro groups is 1. The van der Waals surface area contributed by atoms with Crippen molar-refractivity contribution in [3.63, 3.8) is 0 Å². The molecule has 2 saturated heterocycles. The first-order valence-corrected chi connectivity index (χ1v) is 27.0. The minimum absolute atomic E-state index is 0.00161. The summed E-state index contributed by atoms with van der Waals surface area (Å²) in [6, 6.07) is 14.8. The quantitative estimate of drug-likeness (QED) is 0.0286. The molecule has 19 nitrogen and oxygen atoms in total. The fraction of sp³-hybridized carbons (Fsp3) is 0.500. The van der Waals surface area contributed by atoms with Gasteiger partial charge in [0.15, 0.2) is 0 Å². The molecule has 4 amide bonds. The van der Waals surface area contributed by atoms with Crippen LogP contribution in [-0.2, 0) is 38.4 Å². The molecule has 80 heavy (non-hydrogen) atoms. The van der Waals surface area contributed by atoms with Crippen molar-refractivity contribution in [3.05, 3.63) is 122 Å². The summed E-state index contributed by atoms with van der Waals surface area (Å²) >= 11 is 6.31. The zero-order chi connectivity index (χ0) is 58.0. The number of aromatic amines is 1. The highest BCUT2D eigenvalue weighted by Crippen LogP contribution is 2.35. The highest BCUT2D eigenvalue weighted by molar-refractivity contribution is 6.30. The van der Waals surface area contributed by atoms with Crippen molar-refractivity contribution in [2.45, 2.75) is 129 Å². The average Bonchev–Trinajstić information content (AvgIpc) is 3.89. The van der Waals surface area contributed by atoms with E-state index in [0.717, 1.165) is 22.8 Å². The number of unbranched alkanes of at least 4 members (excludes halogenated alkanes) is 2. The van der Waals surface area contributed by atoms with Crippen molar-refractivity contribution in [1.29, 1.82) is 0 Å². The third-order valence-corrected chi connectivity index (χ3v) is 14.0. The van der Waals surface area contributed by atoms with E-state index >= 15 is 0 Å². The topological polar surface area (TPSA) is 218 Å². The summed E-state index contributed by atoms with van der Waals surface area (Å²) in [7, 11) is 0. The Kier molecular flexibility index (Phi) is 19.5. The van der Waals surface area contributed by atoms with Gasteiger partial charge in [-0.3, -0.25) is 24.6 Å². The van der Waals surface area contributed by atoms with Crippen molar-refractivity contribution in [3.8, 4) is 5.75 Å². The lowest BCUT2D eigenvalue weighted by Crippen LogP contribution is -2.64. The first kappa shape index (κ1) is 60.4. The minimum Gasteiger partial charge on any atom is -0.489 e. The maximum Gasteiger partial charge on any atom is 0.419 e. The van der Waals surface area contributed by atoms with E-state index in [1.54, 1.807) is 59.9 Å². The number of H-pyrrole nitrogens is 1. The van der Waals surface area contributed by atoms with Gasteiger partial charge in [-0.1, -0.05) is 36.2 Å². The van der Waals surface area contributed by atoms with Crippen LogP contribution in [0.2, 0.25) is 5.02 Å². The molecule has 3 aromatic carbocycles. The number of halogens is 5. The lowest BCUT2D eigenvalue weighted by Gasteiger charge is -2.42. The maximum absolute atomic E-state index is 14.7. The molecule has 0 spiro atoms. The second kappa shape index (κ2) is 25.9. The summed E-state index contributed by atoms with van der Waals surface area (Å²) in [5.41, 5.74) is -3.07.